The van der Waals surface area contributed by atoms with Gasteiger partial charge in [-0.25, -0.2) is 4.98 Å². The molecule has 0 aliphatic carbocycles. The number of anilines is 1. The molecule has 1 aromatic heterocycles. The maximum Gasteiger partial charge on any atom is 0.301 e. The molecule has 0 spiro atoms. The Labute approximate surface area is 230 Å². The molecular weight excluding hydrogens is 516 g/mol. The summed E-state index contributed by atoms with van der Waals surface area (Å²) in [6.07, 6.45) is 2.56. The molecule has 2 aliphatic heterocycles. The van der Waals surface area contributed by atoms with Gasteiger partial charge in [0.05, 0.1) is 28.8 Å². The van der Waals surface area contributed by atoms with Crippen molar-refractivity contribution < 1.29 is 29.0 Å². The Morgan fingerprint density at radius 3 is 2.74 bits per heavy atom. The number of aromatic nitrogens is 1. The third-order valence-electron chi connectivity index (χ3n) is 6.87. The number of ether oxygens (including phenoxy) is 2. The lowest BCUT2D eigenvalue weighted by atomic mass is 9.94. The van der Waals surface area contributed by atoms with Crippen molar-refractivity contribution in [3.05, 3.63) is 75.3 Å². The van der Waals surface area contributed by atoms with Gasteiger partial charge in [0.15, 0.2) is 10.9 Å². The maximum atomic E-state index is 13.5. The molecular formula is C30H30N2O6S. The number of fused-ring (bicyclic) bond motifs is 1. The predicted octanol–water partition coefficient (Wildman–Crippen LogP) is 5.78. The van der Waals surface area contributed by atoms with Gasteiger partial charge >= 0.3 is 5.91 Å². The van der Waals surface area contributed by atoms with Gasteiger partial charge in [-0.15, -0.1) is 0 Å². The molecule has 0 saturated carbocycles. The number of aliphatic hydroxyl groups is 1. The fourth-order valence-corrected chi connectivity index (χ4v) is 5.98. The largest absolute Gasteiger partial charge is 0.507 e. The Bertz CT molecular complexity index is 1510. The molecule has 0 bridgehead atoms. The summed E-state index contributed by atoms with van der Waals surface area (Å²) in [5.41, 5.74) is 2.36. The number of ketones is 2. The van der Waals surface area contributed by atoms with E-state index in [2.05, 4.69) is 11.9 Å². The van der Waals surface area contributed by atoms with Crippen LogP contribution in [0.3, 0.4) is 0 Å². The summed E-state index contributed by atoms with van der Waals surface area (Å²) in [7, 11) is 0. The summed E-state index contributed by atoms with van der Waals surface area (Å²) < 4.78 is 11.7. The number of amides is 1. The molecule has 1 saturated heterocycles. The first-order valence-electron chi connectivity index (χ1n) is 13.0. The molecule has 39 heavy (non-hydrogen) atoms. The summed E-state index contributed by atoms with van der Waals surface area (Å²) in [6, 6.07) is 11.4. The lowest BCUT2D eigenvalue weighted by Gasteiger charge is -2.23. The van der Waals surface area contributed by atoms with E-state index >= 15 is 0 Å². The molecule has 2 aromatic carbocycles. The summed E-state index contributed by atoms with van der Waals surface area (Å²) in [4.78, 5) is 45.4. The van der Waals surface area contributed by atoms with Crippen LogP contribution in [-0.4, -0.2) is 40.3 Å². The van der Waals surface area contributed by atoms with Crippen LogP contribution in [0, 0.1) is 6.92 Å². The van der Waals surface area contributed by atoms with E-state index in [0.29, 0.717) is 40.5 Å². The monoisotopic (exact) mass is 546 g/mol. The highest BCUT2D eigenvalue weighted by molar-refractivity contribution is 7.18. The highest BCUT2D eigenvalue weighted by atomic mass is 32.1. The Morgan fingerprint density at radius 2 is 2.03 bits per heavy atom. The van der Waals surface area contributed by atoms with Crippen LogP contribution in [0.15, 0.2) is 48.0 Å². The van der Waals surface area contributed by atoms with Gasteiger partial charge < -0.3 is 14.6 Å². The van der Waals surface area contributed by atoms with Crippen LogP contribution in [0.2, 0.25) is 0 Å². The molecule has 8 nitrogen and oxygen atoms in total. The Balaban J connectivity index is 1.66. The molecule has 0 radical (unpaired) electrons. The minimum absolute atomic E-state index is 0.0158. The summed E-state index contributed by atoms with van der Waals surface area (Å²) in [5, 5.41) is 11.7. The average molecular weight is 547 g/mol. The minimum Gasteiger partial charge on any atom is -0.507 e. The van der Waals surface area contributed by atoms with Gasteiger partial charge in [-0.1, -0.05) is 36.8 Å². The molecule has 2 unspecified atom stereocenters. The SMILES string of the molecule is CCCCOc1cccc(C2C(=C(O)c3ccc4c(c3)CC(C)O4)C(=O)C(=O)N2c2nc(C)c(C(C)=O)s2)c1. The van der Waals surface area contributed by atoms with E-state index in [4.69, 9.17) is 9.47 Å². The van der Waals surface area contributed by atoms with Gasteiger partial charge in [0, 0.05) is 18.9 Å². The van der Waals surface area contributed by atoms with Crippen molar-refractivity contribution in [3.63, 3.8) is 0 Å². The topological polar surface area (TPSA) is 106 Å². The van der Waals surface area contributed by atoms with Gasteiger partial charge in [-0.2, -0.15) is 0 Å². The van der Waals surface area contributed by atoms with Gasteiger partial charge in [0.1, 0.15) is 23.4 Å². The van der Waals surface area contributed by atoms with Crippen molar-refractivity contribution in [2.24, 2.45) is 0 Å². The molecule has 202 valence electrons. The van der Waals surface area contributed by atoms with Gasteiger partial charge in [0.25, 0.3) is 5.78 Å². The number of carbonyl (C=O) groups is 3. The number of aryl methyl sites for hydroxylation is 1. The Hall–Kier alpha value is -3.98. The zero-order chi connectivity index (χ0) is 27.8. The maximum absolute atomic E-state index is 13.5. The Morgan fingerprint density at radius 1 is 1.23 bits per heavy atom. The smallest absolute Gasteiger partial charge is 0.301 e. The second kappa shape index (κ2) is 10.6. The first-order chi connectivity index (χ1) is 18.7. The highest BCUT2D eigenvalue weighted by Crippen LogP contribution is 2.45. The first-order valence-corrected chi connectivity index (χ1v) is 13.8. The molecule has 1 fully saturated rings. The number of hydrogen-bond acceptors (Lipinski definition) is 8. The summed E-state index contributed by atoms with van der Waals surface area (Å²) in [6.45, 7) is 7.70. The van der Waals surface area contributed by atoms with Gasteiger partial charge in [0.2, 0.25) is 0 Å². The van der Waals surface area contributed by atoms with Crippen LogP contribution in [0.5, 0.6) is 11.5 Å². The number of unbranched alkanes of at least 4 members (excludes halogenated alkanes) is 1. The van der Waals surface area contributed by atoms with Crippen LogP contribution >= 0.6 is 11.3 Å². The minimum atomic E-state index is -0.964. The van der Waals surface area contributed by atoms with E-state index in [0.717, 1.165) is 35.5 Å². The number of benzene rings is 2. The van der Waals surface area contributed by atoms with E-state index in [9.17, 15) is 19.5 Å². The van der Waals surface area contributed by atoms with Crippen molar-refractivity contribution >= 4 is 39.7 Å². The predicted molar refractivity (Wildman–Crippen MR) is 149 cm³/mol. The zero-order valence-electron chi connectivity index (χ0n) is 22.3. The summed E-state index contributed by atoms with van der Waals surface area (Å²) in [5.74, 6) is -0.762. The lowest BCUT2D eigenvalue weighted by Crippen LogP contribution is -2.29. The normalized spacial score (nSPS) is 19.7. The van der Waals surface area contributed by atoms with Crippen LogP contribution < -0.4 is 14.4 Å². The third kappa shape index (κ3) is 4.94. The molecule has 3 aromatic rings. The lowest BCUT2D eigenvalue weighted by molar-refractivity contribution is -0.132. The molecule has 9 heteroatoms. The van der Waals surface area contributed by atoms with Crippen molar-refractivity contribution in [3.8, 4) is 11.5 Å². The van der Waals surface area contributed by atoms with Crippen LogP contribution in [-0.2, 0) is 16.0 Å². The fourth-order valence-electron chi connectivity index (χ4n) is 4.99. The zero-order valence-corrected chi connectivity index (χ0v) is 23.1. The van der Waals surface area contributed by atoms with Crippen molar-refractivity contribution in [1.82, 2.24) is 4.98 Å². The van der Waals surface area contributed by atoms with Crippen LogP contribution in [0.1, 0.15) is 71.7 Å². The number of aliphatic hydroxyl groups excluding tert-OH is 1. The third-order valence-corrected chi connectivity index (χ3v) is 8.12. The van der Waals surface area contributed by atoms with E-state index < -0.39 is 17.7 Å². The molecule has 3 heterocycles. The molecule has 5 rings (SSSR count). The average Bonchev–Trinajstić information content (AvgIpc) is 3.56. The fraction of sp³-hybridized carbons (Fsp3) is 0.333. The molecule has 2 atom stereocenters. The van der Waals surface area contributed by atoms with Gasteiger partial charge in [-0.3, -0.25) is 19.3 Å². The van der Waals surface area contributed by atoms with Gasteiger partial charge in [-0.05, 0) is 61.7 Å². The number of nitrogens with zero attached hydrogens (tertiary/aromatic N) is 2. The van der Waals surface area contributed by atoms with Crippen LogP contribution in [0.25, 0.3) is 5.76 Å². The second-order valence-electron chi connectivity index (χ2n) is 9.87. The highest BCUT2D eigenvalue weighted by Gasteiger charge is 2.48. The standard InChI is InChI=1S/C30H30N2O6S/c1-5-6-12-37-22-9-7-8-19(15-22)25-24(26(34)20-10-11-23-21(14-20)13-16(2)38-23)27(35)29(36)32(25)30-31-17(3)28(39-30)18(4)33/h7-11,14-16,25,34H,5-6,12-13H2,1-4H3. The van der Waals surface area contributed by atoms with E-state index in [1.165, 1.54) is 11.8 Å². The van der Waals surface area contributed by atoms with Crippen molar-refractivity contribution in [2.45, 2.75) is 59.1 Å². The van der Waals surface area contributed by atoms with Crippen molar-refractivity contribution in [1.29, 1.82) is 0 Å². The van der Waals surface area contributed by atoms with Crippen LogP contribution in [0.4, 0.5) is 5.13 Å². The number of Topliss-reactive ketones (excluding diaryl/α,β-unsaturated/α-hetero) is 2. The quantitative estimate of drug-likeness (QED) is 0.125. The summed E-state index contributed by atoms with van der Waals surface area (Å²) >= 11 is 1.06. The number of carbonyl (C=O) groups excluding carboxylic acids is 3. The van der Waals surface area contributed by atoms with Crippen molar-refractivity contribution in [2.75, 3.05) is 11.5 Å². The second-order valence-corrected chi connectivity index (χ2v) is 10.8. The van der Waals surface area contributed by atoms with E-state index in [1.54, 1.807) is 43.3 Å². The molecule has 1 N–H and O–H groups in total. The van der Waals surface area contributed by atoms with E-state index in [1.807, 2.05) is 13.0 Å². The number of hydrogen-bond donors (Lipinski definition) is 1. The molecule has 2 aliphatic rings. The first kappa shape index (κ1) is 26.6. The molecule has 1 amide bonds. The van der Waals surface area contributed by atoms with E-state index in [-0.39, 0.29) is 28.4 Å². The number of rotatable bonds is 8. The number of thiazole rings is 1. The Kier molecular flexibility index (Phi) is 7.27.